The van der Waals surface area contributed by atoms with Crippen LogP contribution in [0.3, 0.4) is 0 Å². The van der Waals surface area contributed by atoms with E-state index in [2.05, 4.69) is 10.3 Å². The third kappa shape index (κ3) is 3.59. The average molecular weight is 388 g/mol. The van der Waals surface area contributed by atoms with E-state index < -0.39 is 5.97 Å². The lowest BCUT2D eigenvalue weighted by Crippen LogP contribution is -2.31. The molecule has 0 spiro atoms. The first-order valence-electron chi connectivity index (χ1n) is 9.54. The quantitative estimate of drug-likeness (QED) is 0.764. The number of carbonyl (C=O) groups is 1. The number of aliphatic hydroxyl groups excluding tert-OH is 1. The molecule has 9 nitrogen and oxygen atoms in total. The highest BCUT2D eigenvalue weighted by molar-refractivity contribution is 5.70. The van der Waals surface area contributed by atoms with E-state index >= 15 is 0 Å². The molecule has 9 heteroatoms. The van der Waals surface area contributed by atoms with Crippen LogP contribution < -0.4 is 4.74 Å². The van der Waals surface area contributed by atoms with Crippen LogP contribution in [-0.4, -0.2) is 55.5 Å². The van der Waals surface area contributed by atoms with Crippen molar-refractivity contribution < 1.29 is 24.5 Å². The molecule has 2 aliphatic rings. The predicted octanol–water partition coefficient (Wildman–Crippen LogP) is 1.51. The van der Waals surface area contributed by atoms with E-state index in [1.165, 1.54) is 4.68 Å². The van der Waals surface area contributed by atoms with Crippen LogP contribution in [0.1, 0.15) is 43.0 Å². The van der Waals surface area contributed by atoms with Gasteiger partial charge in [-0.05, 0) is 37.8 Å². The Hall–Kier alpha value is -2.52. The minimum atomic E-state index is -0.756. The Morgan fingerprint density at radius 1 is 1.36 bits per heavy atom. The Morgan fingerprint density at radius 3 is 2.86 bits per heavy atom. The molecule has 2 aromatic heterocycles. The van der Waals surface area contributed by atoms with Gasteiger partial charge < -0.3 is 19.7 Å². The second-order valence-corrected chi connectivity index (χ2v) is 7.42. The van der Waals surface area contributed by atoms with Gasteiger partial charge in [0.1, 0.15) is 11.4 Å². The monoisotopic (exact) mass is 388 g/mol. The van der Waals surface area contributed by atoms with Crippen molar-refractivity contribution in [1.82, 2.24) is 20.0 Å². The molecule has 0 aromatic carbocycles. The molecule has 0 amide bonds. The van der Waals surface area contributed by atoms with Crippen LogP contribution in [0.15, 0.2) is 12.1 Å². The summed E-state index contributed by atoms with van der Waals surface area (Å²) in [4.78, 5) is 16.1. The summed E-state index contributed by atoms with van der Waals surface area (Å²) in [5, 5.41) is 27.0. The molecule has 3 heterocycles. The van der Waals surface area contributed by atoms with Gasteiger partial charge >= 0.3 is 5.97 Å². The molecule has 0 unspecified atom stereocenters. The fraction of sp³-hybridized carbons (Fsp3) is 0.579. The number of aromatic nitrogens is 4. The molecule has 1 saturated heterocycles. The van der Waals surface area contributed by atoms with Gasteiger partial charge in [0.25, 0.3) is 0 Å². The zero-order valence-electron chi connectivity index (χ0n) is 15.7. The molecule has 1 saturated carbocycles. The number of hydrogen-bond donors (Lipinski definition) is 2. The molecule has 1 aliphatic heterocycles. The van der Waals surface area contributed by atoms with Crippen molar-refractivity contribution in [2.24, 2.45) is 13.0 Å². The molecule has 0 radical (unpaired) electrons. The number of aliphatic hydroxyl groups is 1. The fourth-order valence-corrected chi connectivity index (χ4v) is 3.79. The van der Waals surface area contributed by atoms with Crippen molar-refractivity contribution in [3.05, 3.63) is 23.5 Å². The molecular weight excluding hydrogens is 364 g/mol. The number of carboxylic acids is 1. The third-order valence-electron chi connectivity index (χ3n) is 5.51. The van der Waals surface area contributed by atoms with Crippen LogP contribution in [-0.2, 0) is 23.2 Å². The van der Waals surface area contributed by atoms with Gasteiger partial charge in [-0.25, -0.2) is 9.67 Å². The highest BCUT2D eigenvalue weighted by atomic mass is 16.5. The average Bonchev–Trinajstić information content (AvgIpc) is 3.02. The lowest BCUT2D eigenvalue weighted by Gasteiger charge is -2.31. The van der Waals surface area contributed by atoms with Crippen molar-refractivity contribution in [2.75, 3.05) is 13.2 Å². The smallest absolute Gasteiger partial charge is 0.306 e. The van der Waals surface area contributed by atoms with Crippen molar-refractivity contribution in [3.63, 3.8) is 0 Å². The SMILES string of the molecule is Cn1nnc(-c2ccc(O[C@H]3CCC[C@H](C(=O)O)C3)c(C3COC3)n2)c1CO. The topological polar surface area (TPSA) is 120 Å². The van der Waals surface area contributed by atoms with Crippen molar-refractivity contribution in [3.8, 4) is 17.1 Å². The van der Waals surface area contributed by atoms with Gasteiger partial charge in [-0.1, -0.05) is 5.21 Å². The van der Waals surface area contributed by atoms with Crippen LogP contribution in [0, 0.1) is 5.92 Å². The molecule has 2 N–H and O–H groups in total. The second-order valence-electron chi connectivity index (χ2n) is 7.42. The lowest BCUT2D eigenvalue weighted by atomic mass is 9.87. The van der Waals surface area contributed by atoms with Crippen LogP contribution >= 0.6 is 0 Å². The lowest BCUT2D eigenvalue weighted by molar-refractivity contribution is -0.143. The summed E-state index contributed by atoms with van der Waals surface area (Å²) in [6.07, 6.45) is 2.76. The predicted molar refractivity (Wildman–Crippen MR) is 97.7 cm³/mol. The van der Waals surface area contributed by atoms with E-state index in [-0.39, 0.29) is 24.5 Å². The van der Waals surface area contributed by atoms with Gasteiger partial charge in [0, 0.05) is 7.05 Å². The molecule has 0 bridgehead atoms. The number of rotatable bonds is 6. The Balaban J connectivity index is 1.61. The summed E-state index contributed by atoms with van der Waals surface area (Å²) in [6, 6.07) is 3.66. The van der Waals surface area contributed by atoms with E-state index in [0.29, 0.717) is 48.9 Å². The normalized spacial score (nSPS) is 22.6. The summed E-state index contributed by atoms with van der Waals surface area (Å²) < 4.78 is 13.1. The van der Waals surface area contributed by atoms with Gasteiger partial charge in [0.05, 0.1) is 54.8 Å². The zero-order chi connectivity index (χ0) is 19.7. The maximum absolute atomic E-state index is 11.3. The number of aryl methyl sites for hydroxylation is 1. The van der Waals surface area contributed by atoms with Crippen molar-refractivity contribution in [2.45, 2.75) is 44.3 Å². The fourth-order valence-electron chi connectivity index (χ4n) is 3.79. The van der Waals surface area contributed by atoms with E-state index in [4.69, 9.17) is 14.5 Å². The molecule has 4 rings (SSSR count). The van der Waals surface area contributed by atoms with Gasteiger partial charge in [-0.3, -0.25) is 4.79 Å². The first-order chi connectivity index (χ1) is 13.6. The first-order valence-corrected chi connectivity index (χ1v) is 9.54. The van der Waals surface area contributed by atoms with Crippen LogP contribution in [0.2, 0.25) is 0 Å². The second kappa shape index (κ2) is 7.84. The summed E-state index contributed by atoms with van der Waals surface area (Å²) >= 11 is 0. The van der Waals surface area contributed by atoms with E-state index in [1.807, 2.05) is 6.07 Å². The largest absolute Gasteiger partial charge is 0.488 e. The number of ether oxygens (including phenoxy) is 2. The molecule has 150 valence electrons. The minimum Gasteiger partial charge on any atom is -0.488 e. The van der Waals surface area contributed by atoms with Crippen LogP contribution in [0.5, 0.6) is 5.75 Å². The number of aliphatic carboxylic acids is 1. The van der Waals surface area contributed by atoms with Crippen LogP contribution in [0.25, 0.3) is 11.4 Å². The summed E-state index contributed by atoms with van der Waals surface area (Å²) in [7, 11) is 1.72. The van der Waals surface area contributed by atoms with Gasteiger partial charge in [0.2, 0.25) is 0 Å². The van der Waals surface area contributed by atoms with Gasteiger partial charge in [-0.15, -0.1) is 5.10 Å². The van der Waals surface area contributed by atoms with Crippen LogP contribution in [0.4, 0.5) is 0 Å². The van der Waals surface area contributed by atoms with E-state index in [1.54, 1.807) is 13.1 Å². The first kappa shape index (κ1) is 18.8. The number of pyridine rings is 1. The molecule has 2 fully saturated rings. The Bertz CT molecular complexity index is 864. The Morgan fingerprint density at radius 2 is 2.18 bits per heavy atom. The third-order valence-corrected chi connectivity index (χ3v) is 5.51. The summed E-state index contributed by atoms with van der Waals surface area (Å²) in [5.74, 6) is -0.313. The summed E-state index contributed by atoms with van der Waals surface area (Å²) in [6.45, 7) is 0.963. The molecule has 1 aliphatic carbocycles. The Labute approximate surface area is 162 Å². The van der Waals surface area contributed by atoms with Crippen molar-refractivity contribution in [1.29, 1.82) is 0 Å². The number of nitrogens with zero attached hydrogens (tertiary/aromatic N) is 4. The maximum Gasteiger partial charge on any atom is 0.306 e. The molecule has 2 aromatic rings. The van der Waals surface area contributed by atoms with E-state index in [0.717, 1.165) is 18.5 Å². The minimum absolute atomic E-state index is 0.128. The molecular formula is C19H24N4O5. The Kier molecular flexibility index (Phi) is 5.27. The standard InChI is InChI=1S/C19H24N4O5/c1-23-15(8-24)18(21-22-23)14-5-6-16(17(20-14)12-9-27-10-12)28-13-4-2-3-11(7-13)19(25)26/h5-6,11-13,24H,2-4,7-10H2,1H3,(H,25,26)/t11-,13-/m0/s1. The van der Waals surface area contributed by atoms with Crippen molar-refractivity contribution >= 4 is 5.97 Å². The van der Waals surface area contributed by atoms with Gasteiger partial charge in [0.15, 0.2) is 0 Å². The summed E-state index contributed by atoms with van der Waals surface area (Å²) in [5.41, 5.74) is 2.55. The number of hydrogen-bond acceptors (Lipinski definition) is 7. The highest BCUT2D eigenvalue weighted by Crippen LogP contribution is 2.35. The number of carboxylic acid groups (broad SMARTS) is 1. The molecule has 2 atom stereocenters. The maximum atomic E-state index is 11.3. The van der Waals surface area contributed by atoms with Gasteiger partial charge in [-0.2, -0.15) is 0 Å². The molecule has 28 heavy (non-hydrogen) atoms. The highest BCUT2D eigenvalue weighted by Gasteiger charge is 2.31. The van der Waals surface area contributed by atoms with E-state index in [9.17, 15) is 15.0 Å². The zero-order valence-corrected chi connectivity index (χ0v) is 15.7.